The molecule has 7 nitrogen and oxygen atoms in total. The van der Waals surface area contributed by atoms with E-state index in [9.17, 15) is 13.6 Å². The van der Waals surface area contributed by atoms with Gasteiger partial charge in [-0.1, -0.05) is 17.7 Å². The largest absolute Gasteiger partial charge is 0.466 e. The van der Waals surface area contributed by atoms with E-state index in [-0.39, 0.29) is 17.1 Å². The third-order valence-corrected chi connectivity index (χ3v) is 7.61. The fourth-order valence-electron chi connectivity index (χ4n) is 4.78. The molecule has 1 atom stereocenters. The average molecular weight is 510 g/mol. The number of benzene rings is 1. The van der Waals surface area contributed by atoms with E-state index in [0.717, 1.165) is 6.07 Å². The standard InChI is InChI=1S/C23H22ClF2N3O4S/c1-31-22(30)15-18(12-4-6-23(7-5-12)32-9-10-33-23)28-20(21-27-8-11-34-21)29-19(15)13-2-3-14(25)17(26)16(13)24/h2-3,8,11-12,19H,4-7,9-10H2,1H3,(H,28,29). The molecule has 3 heterocycles. The molecule has 0 bridgehead atoms. The van der Waals surface area contributed by atoms with E-state index in [4.69, 9.17) is 25.8 Å². The molecular weight excluding hydrogens is 488 g/mol. The van der Waals surface area contributed by atoms with Gasteiger partial charge < -0.3 is 19.5 Å². The van der Waals surface area contributed by atoms with Crippen LogP contribution in [0.15, 0.2) is 40.0 Å². The number of rotatable bonds is 4. The van der Waals surface area contributed by atoms with Crippen molar-refractivity contribution < 1.29 is 27.8 Å². The monoisotopic (exact) mass is 509 g/mol. The Kier molecular flexibility index (Phi) is 6.41. The van der Waals surface area contributed by atoms with Gasteiger partial charge in [-0.15, -0.1) is 11.3 Å². The Morgan fingerprint density at radius 3 is 2.65 bits per heavy atom. The van der Waals surface area contributed by atoms with Crippen molar-refractivity contribution in [2.75, 3.05) is 20.3 Å². The number of allylic oxidation sites excluding steroid dienone is 1. The van der Waals surface area contributed by atoms with Crippen LogP contribution in [0.25, 0.3) is 0 Å². The molecule has 1 unspecified atom stereocenters. The molecule has 34 heavy (non-hydrogen) atoms. The maximum Gasteiger partial charge on any atom is 0.338 e. The Hall–Kier alpha value is -2.40. The van der Waals surface area contributed by atoms with Crippen LogP contribution in [0.4, 0.5) is 8.78 Å². The summed E-state index contributed by atoms with van der Waals surface area (Å²) < 4.78 is 45.0. The number of aliphatic imine (C=N–C) groups is 1. The van der Waals surface area contributed by atoms with E-state index in [1.54, 1.807) is 11.6 Å². The Morgan fingerprint density at radius 2 is 2.00 bits per heavy atom. The van der Waals surface area contributed by atoms with E-state index in [0.29, 0.717) is 55.4 Å². The number of ether oxygens (including phenoxy) is 3. The van der Waals surface area contributed by atoms with Crippen LogP contribution < -0.4 is 5.32 Å². The van der Waals surface area contributed by atoms with Crippen molar-refractivity contribution in [3.8, 4) is 0 Å². The number of amidine groups is 1. The Morgan fingerprint density at radius 1 is 1.26 bits per heavy atom. The van der Waals surface area contributed by atoms with Crippen molar-refractivity contribution in [3.63, 3.8) is 0 Å². The van der Waals surface area contributed by atoms with Crippen molar-refractivity contribution >= 4 is 34.7 Å². The average Bonchev–Trinajstić information content (AvgIpc) is 3.55. The molecule has 2 aliphatic heterocycles. The van der Waals surface area contributed by atoms with Gasteiger partial charge in [-0.05, 0) is 18.9 Å². The summed E-state index contributed by atoms with van der Waals surface area (Å²) in [7, 11) is 1.27. The normalized spacial score (nSPS) is 22.6. The summed E-state index contributed by atoms with van der Waals surface area (Å²) in [5.41, 5.74) is 0.999. The lowest BCUT2D eigenvalue weighted by Crippen LogP contribution is -2.41. The lowest BCUT2D eigenvalue weighted by Gasteiger charge is -2.38. The molecule has 0 amide bonds. The molecule has 11 heteroatoms. The van der Waals surface area contributed by atoms with E-state index >= 15 is 0 Å². The lowest BCUT2D eigenvalue weighted by atomic mass is 9.80. The van der Waals surface area contributed by atoms with Gasteiger partial charge in [0.2, 0.25) is 0 Å². The molecule has 1 saturated carbocycles. The van der Waals surface area contributed by atoms with Crippen LogP contribution in [-0.2, 0) is 19.0 Å². The Labute approximate surface area is 203 Å². The third kappa shape index (κ3) is 4.13. The highest BCUT2D eigenvalue weighted by molar-refractivity contribution is 7.11. The summed E-state index contributed by atoms with van der Waals surface area (Å²) in [6.07, 6.45) is 4.34. The van der Waals surface area contributed by atoms with Gasteiger partial charge in [-0.25, -0.2) is 18.6 Å². The highest BCUT2D eigenvalue weighted by Gasteiger charge is 2.44. The maximum atomic E-state index is 14.4. The van der Waals surface area contributed by atoms with Crippen molar-refractivity contribution in [2.45, 2.75) is 37.5 Å². The number of aromatic nitrogens is 1. The molecule has 3 aliphatic rings. The molecule has 180 valence electrons. The van der Waals surface area contributed by atoms with Crippen molar-refractivity contribution in [2.24, 2.45) is 10.9 Å². The van der Waals surface area contributed by atoms with Gasteiger partial charge in [0.25, 0.3) is 0 Å². The Balaban J connectivity index is 1.60. The first-order valence-corrected chi connectivity index (χ1v) is 12.2. The zero-order chi connectivity index (χ0) is 23.9. The summed E-state index contributed by atoms with van der Waals surface area (Å²) in [5, 5.41) is 5.27. The first kappa shape index (κ1) is 23.3. The molecule has 5 rings (SSSR count). The topological polar surface area (TPSA) is 82.0 Å². The van der Waals surface area contributed by atoms with Crippen molar-refractivity contribution in [3.05, 3.63) is 62.2 Å². The molecule has 2 aromatic rings. The van der Waals surface area contributed by atoms with Crippen molar-refractivity contribution in [1.29, 1.82) is 0 Å². The molecule has 1 aromatic heterocycles. The summed E-state index contributed by atoms with van der Waals surface area (Å²) in [6.45, 7) is 1.13. The third-order valence-electron chi connectivity index (χ3n) is 6.44. The number of thiazole rings is 1. The summed E-state index contributed by atoms with van der Waals surface area (Å²) in [4.78, 5) is 22.0. The summed E-state index contributed by atoms with van der Waals surface area (Å²) >= 11 is 7.57. The second kappa shape index (κ2) is 9.33. The zero-order valence-electron chi connectivity index (χ0n) is 18.3. The number of hydrogen-bond acceptors (Lipinski definition) is 8. The minimum atomic E-state index is -1.19. The quantitative estimate of drug-likeness (QED) is 0.482. The summed E-state index contributed by atoms with van der Waals surface area (Å²) in [6, 6.07) is 1.32. The van der Waals surface area contributed by atoms with Gasteiger partial charge in [-0.2, -0.15) is 0 Å². The van der Waals surface area contributed by atoms with Crippen LogP contribution in [0.2, 0.25) is 5.02 Å². The lowest BCUT2D eigenvalue weighted by molar-refractivity contribution is -0.181. The number of methoxy groups -OCH3 is 1. The molecular formula is C23H22ClF2N3O4S. The highest BCUT2D eigenvalue weighted by atomic mass is 35.5. The van der Waals surface area contributed by atoms with Crippen molar-refractivity contribution in [1.82, 2.24) is 10.3 Å². The first-order valence-electron chi connectivity index (χ1n) is 10.9. The predicted molar refractivity (Wildman–Crippen MR) is 122 cm³/mol. The Bertz CT molecular complexity index is 1160. The van der Waals surface area contributed by atoms with Crippen LogP contribution in [0.5, 0.6) is 0 Å². The van der Waals surface area contributed by atoms with Crippen LogP contribution >= 0.6 is 22.9 Å². The number of nitrogens with one attached hydrogen (secondary N) is 1. The highest BCUT2D eigenvalue weighted by Crippen LogP contribution is 2.45. The van der Waals surface area contributed by atoms with Crippen LogP contribution in [-0.4, -0.2) is 42.9 Å². The van der Waals surface area contributed by atoms with Gasteiger partial charge >= 0.3 is 5.97 Å². The number of hydrogen-bond donors (Lipinski definition) is 1. The van der Waals surface area contributed by atoms with Crippen LogP contribution in [0.3, 0.4) is 0 Å². The van der Waals surface area contributed by atoms with Gasteiger partial charge in [0.15, 0.2) is 28.3 Å². The van der Waals surface area contributed by atoms with Gasteiger partial charge in [-0.3, -0.25) is 4.99 Å². The van der Waals surface area contributed by atoms with E-state index in [1.165, 1.54) is 24.5 Å². The maximum absolute atomic E-state index is 14.4. The summed E-state index contributed by atoms with van der Waals surface area (Å²) in [5.74, 6) is -3.11. The van der Waals surface area contributed by atoms with Gasteiger partial charge in [0.1, 0.15) is 6.04 Å². The van der Waals surface area contributed by atoms with E-state index < -0.39 is 34.5 Å². The predicted octanol–water partition coefficient (Wildman–Crippen LogP) is 4.53. The molecule has 0 radical (unpaired) electrons. The molecule has 1 spiro atoms. The number of esters is 1. The molecule has 1 saturated heterocycles. The molecule has 1 N–H and O–H groups in total. The number of carbonyl (C=O) groups excluding carboxylic acids is 1. The van der Waals surface area contributed by atoms with Crippen LogP contribution in [0, 0.1) is 17.6 Å². The second-order valence-electron chi connectivity index (χ2n) is 8.31. The van der Waals surface area contributed by atoms with Crippen LogP contribution in [0.1, 0.15) is 42.3 Å². The molecule has 1 aliphatic carbocycles. The number of nitrogens with zero attached hydrogens (tertiary/aromatic N) is 2. The molecule has 2 fully saturated rings. The van der Waals surface area contributed by atoms with Gasteiger partial charge in [0.05, 0.1) is 30.9 Å². The zero-order valence-corrected chi connectivity index (χ0v) is 19.8. The SMILES string of the molecule is COC(=O)C1=C(C2CCC3(CC2)OCCO3)NC(c2nccs2)=NC1c1ccc(F)c(F)c1Cl. The van der Waals surface area contributed by atoms with E-state index in [1.807, 2.05) is 0 Å². The van der Waals surface area contributed by atoms with Gasteiger partial charge in [0, 0.05) is 41.6 Å². The smallest absolute Gasteiger partial charge is 0.338 e. The fourth-order valence-corrected chi connectivity index (χ4v) is 5.62. The minimum absolute atomic E-state index is 0.0652. The first-order chi connectivity index (χ1) is 16.4. The second-order valence-corrected chi connectivity index (χ2v) is 9.58. The van der Waals surface area contributed by atoms with E-state index in [2.05, 4.69) is 15.3 Å². The minimum Gasteiger partial charge on any atom is -0.466 e. The number of carbonyl (C=O) groups is 1. The molecule has 1 aromatic carbocycles. The number of halogens is 3. The fraction of sp³-hybridized carbons (Fsp3) is 0.435.